The Kier molecular flexibility index (Phi) is 2.95. The lowest BCUT2D eigenvalue weighted by Gasteiger charge is -2.18. The predicted molar refractivity (Wildman–Crippen MR) is 74.8 cm³/mol. The quantitative estimate of drug-likeness (QED) is 0.453. The van der Waals surface area contributed by atoms with E-state index in [1.54, 1.807) is 10.9 Å². The first kappa shape index (κ1) is 12.4. The van der Waals surface area contributed by atoms with Gasteiger partial charge in [0.1, 0.15) is 5.82 Å². The Labute approximate surface area is 114 Å². The maximum absolute atomic E-state index is 5.39. The fourth-order valence-electron chi connectivity index (χ4n) is 2.08. The summed E-state index contributed by atoms with van der Waals surface area (Å²) < 4.78 is 1.77. The number of nitrogens with one attached hydrogen (secondary N) is 2. The average Bonchev–Trinajstić information content (AvgIpc) is 3.06. The molecule has 0 radical (unpaired) electrons. The molecule has 4 N–H and O–H groups in total. The fraction of sp³-hybridized carbons (Fsp3) is 0.273. The van der Waals surface area contributed by atoms with Crippen LogP contribution in [0, 0.1) is 0 Å². The molecule has 3 rings (SSSR count). The third-order valence-electron chi connectivity index (χ3n) is 2.96. The number of hydrogen-bond acceptors (Lipinski definition) is 7. The van der Waals surface area contributed by atoms with Gasteiger partial charge in [0, 0.05) is 32.4 Å². The van der Waals surface area contributed by atoms with Crippen molar-refractivity contribution in [3.63, 3.8) is 0 Å². The number of aromatic amines is 1. The molecule has 20 heavy (non-hydrogen) atoms. The standard InChI is InChI=1S/C11H15N9/c1-19(5-7-3-14-20(2)6-7)10-8-4-13-18-9(8)15-11(16-10)17-12/h3-4,6H,5,12H2,1-2H3,(H2,13,15,16,17,18). The van der Waals surface area contributed by atoms with Crippen LogP contribution in [0.15, 0.2) is 18.6 Å². The first-order valence-corrected chi connectivity index (χ1v) is 6.04. The monoisotopic (exact) mass is 273 g/mol. The summed E-state index contributed by atoms with van der Waals surface area (Å²) in [6.45, 7) is 0.676. The summed E-state index contributed by atoms with van der Waals surface area (Å²) in [5.74, 6) is 6.49. The molecule has 0 saturated carbocycles. The fourth-order valence-corrected chi connectivity index (χ4v) is 2.08. The number of rotatable bonds is 4. The van der Waals surface area contributed by atoms with Crippen molar-refractivity contribution in [1.82, 2.24) is 29.9 Å². The lowest BCUT2D eigenvalue weighted by Crippen LogP contribution is -2.19. The van der Waals surface area contributed by atoms with E-state index in [2.05, 4.69) is 30.7 Å². The third kappa shape index (κ3) is 2.14. The van der Waals surface area contributed by atoms with E-state index >= 15 is 0 Å². The zero-order chi connectivity index (χ0) is 14.1. The average molecular weight is 273 g/mol. The minimum Gasteiger partial charge on any atom is -0.354 e. The van der Waals surface area contributed by atoms with Gasteiger partial charge in [-0.3, -0.25) is 15.2 Å². The molecule has 0 aromatic carbocycles. The molecule has 0 aliphatic heterocycles. The molecule has 0 bridgehead atoms. The van der Waals surface area contributed by atoms with E-state index in [-0.39, 0.29) is 0 Å². The Hall–Kier alpha value is -2.68. The second-order valence-corrected chi connectivity index (χ2v) is 4.53. The number of nitrogens with zero attached hydrogens (tertiary/aromatic N) is 6. The van der Waals surface area contributed by atoms with Gasteiger partial charge in [0.15, 0.2) is 5.65 Å². The molecule has 3 aromatic heterocycles. The molecule has 0 aliphatic carbocycles. The molecule has 9 heteroatoms. The SMILES string of the molecule is CN(Cc1cnn(C)c1)c1nc(NN)nc2[nH]ncc12. The van der Waals surface area contributed by atoms with Gasteiger partial charge in [-0.2, -0.15) is 20.2 Å². The first-order chi connectivity index (χ1) is 9.67. The summed E-state index contributed by atoms with van der Waals surface area (Å²) in [5.41, 5.74) is 4.19. The second-order valence-electron chi connectivity index (χ2n) is 4.53. The number of hydrogen-bond donors (Lipinski definition) is 3. The molecular formula is C11H15N9. The summed E-state index contributed by atoms with van der Waals surface area (Å²) in [6, 6.07) is 0. The van der Waals surface area contributed by atoms with Crippen molar-refractivity contribution in [2.75, 3.05) is 17.4 Å². The number of nitrogen functional groups attached to an aromatic ring is 1. The number of anilines is 2. The van der Waals surface area contributed by atoms with E-state index in [1.807, 2.05) is 31.4 Å². The molecule has 3 aromatic rings. The first-order valence-electron chi connectivity index (χ1n) is 6.04. The van der Waals surface area contributed by atoms with Crippen molar-refractivity contribution in [2.45, 2.75) is 6.54 Å². The van der Waals surface area contributed by atoms with Crippen molar-refractivity contribution < 1.29 is 0 Å². The zero-order valence-electron chi connectivity index (χ0n) is 11.2. The number of H-pyrrole nitrogens is 1. The molecule has 0 atom stereocenters. The van der Waals surface area contributed by atoms with Gasteiger partial charge in [0.05, 0.1) is 17.8 Å². The predicted octanol–water partition coefficient (Wildman–Crippen LogP) is 0.00840. The highest BCUT2D eigenvalue weighted by atomic mass is 15.3. The van der Waals surface area contributed by atoms with Crippen LogP contribution >= 0.6 is 0 Å². The van der Waals surface area contributed by atoms with Crippen molar-refractivity contribution in [2.24, 2.45) is 12.9 Å². The smallest absolute Gasteiger partial charge is 0.241 e. The van der Waals surface area contributed by atoms with Crippen molar-refractivity contribution in [1.29, 1.82) is 0 Å². The van der Waals surface area contributed by atoms with E-state index < -0.39 is 0 Å². The van der Waals surface area contributed by atoms with Gasteiger partial charge in [-0.05, 0) is 0 Å². The largest absolute Gasteiger partial charge is 0.354 e. The summed E-state index contributed by atoms with van der Waals surface area (Å²) in [6.07, 6.45) is 5.49. The van der Waals surface area contributed by atoms with Gasteiger partial charge in [0.2, 0.25) is 5.95 Å². The molecule has 9 nitrogen and oxygen atoms in total. The van der Waals surface area contributed by atoms with Crippen LogP contribution in [-0.4, -0.2) is 37.0 Å². The summed E-state index contributed by atoms with van der Waals surface area (Å²) in [7, 11) is 3.83. The van der Waals surface area contributed by atoms with Gasteiger partial charge in [-0.15, -0.1) is 0 Å². The van der Waals surface area contributed by atoms with Crippen LogP contribution in [0.2, 0.25) is 0 Å². The molecule has 0 amide bonds. The van der Waals surface area contributed by atoms with E-state index in [0.29, 0.717) is 18.1 Å². The molecule has 104 valence electrons. The molecular weight excluding hydrogens is 258 g/mol. The minimum atomic E-state index is 0.342. The highest BCUT2D eigenvalue weighted by Gasteiger charge is 2.13. The van der Waals surface area contributed by atoms with E-state index in [9.17, 15) is 0 Å². The van der Waals surface area contributed by atoms with Crippen LogP contribution < -0.4 is 16.2 Å². The minimum absolute atomic E-state index is 0.342. The Bertz CT molecular complexity index is 728. The summed E-state index contributed by atoms with van der Waals surface area (Å²) in [5, 5.41) is 11.8. The number of aryl methyl sites for hydroxylation is 1. The lowest BCUT2D eigenvalue weighted by molar-refractivity contribution is 0.766. The van der Waals surface area contributed by atoms with E-state index in [4.69, 9.17) is 5.84 Å². The Morgan fingerprint density at radius 2 is 2.25 bits per heavy atom. The van der Waals surface area contributed by atoms with E-state index in [0.717, 1.165) is 16.8 Å². The van der Waals surface area contributed by atoms with Crippen LogP contribution in [0.5, 0.6) is 0 Å². The molecule has 3 heterocycles. The summed E-state index contributed by atoms with van der Waals surface area (Å²) >= 11 is 0. The van der Waals surface area contributed by atoms with Crippen LogP contribution in [0.1, 0.15) is 5.56 Å². The molecule has 0 spiro atoms. The maximum Gasteiger partial charge on any atom is 0.241 e. The Morgan fingerprint density at radius 3 is 2.95 bits per heavy atom. The Balaban J connectivity index is 1.97. The highest BCUT2D eigenvalue weighted by Crippen LogP contribution is 2.23. The van der Waals surface area contributed by atoms with Crippen LogP contribution in [0.25, 0.3) is 11.0 Å². The van der Waals surface area contributed by atoms with Crippen LogP contribution in [-0.2, 0) is 13.6 Å². The van der Waals surface area contributed by atoms with Crippen molar-refractivity contribution in [3.05, 3.63) is 24.2 Å². The highest BCUT2D eigenvalue weighted by molar-refractivity contribution is 5.87. The van der Waals surface area contributed by atoms with Gasteiger partial charge >= 0.3 is 0 Å². The maximum atomic E-state index is 5.39. The van der Waals surface area contributed by atoms with Crippen molar-refractivity contribution in [3.8, 4) is 0 Å². The van der Waals surface area contributed by atoms with Crippen LogP contribution in [0.4, 0.5) is 11.8 Å². The number of aromatic nitrogens is 6. The van der Waals surface area contributed by atoms with Crippen LogP contribution in [0.3, 0.4) is 0 Å². The van der Waals surface area contributed by atoms with Gasteiger partial charge in [0.25, 0.3) is 0 Å². The second kappa shape index (κ2) is 4.78. The normalized spacial score (nSPS) is 10.9. The molecule has 0 saturated heterocycles. The molecule has 0 fully saturated rings. The van der Waals surface area contributed by atoms with Gasteiger partial charge in [-0.25, -0.2) is 5.84 Å². The van der Waals surface area contributed by atoms with Gasteiger partial charge < -0.3 is 4.90 Å². The summed E-state index contributed by atoms with van der Waals surface area (Å²) in [4.78, 5) is 10.6. The van der Waals surface area contributed by atoms with E-state index in [1.165, 1.54) is 0 Å². The number of nitrogens with two attached hydrogens (primary N) is 1. The topological polar surface area (TPSA) is 114 Å². The number of fused-ring (bicyclic) bond motifs is 1. The number of hydrazine groups is 1. The zero-order valence-corrected chi connectivity index (χ0v) is 11.2. The van der Waals surface area contributed by atoms with Gasteiger partial charge in [-0.1, -0.05) is 0 Å². The molecule has 0 aliphatic rings. The molecule has 0 unspecified atom stereocenters. The lowest BCUT2D eigenvalue weighted by atomic mass is 10.3. The Morgan fingerprint density at radius 1 is 1.40 bits per heavy atom. The third-order valence-corrected chi connectivity index (χ3v) is 2.96. The van der Waals surface area contributed by atoms with Crippen molar-refractivity contribution >= 4 is 22.8 Å².